The SMILES string of the molecule is CCN(CC)C(CC)(CC)C(C)=O. The zero-order valence-electron chi connectivity index (χ0n) is 9.68. The van der Waals surface area contributed by atoms with E-state index in [4.69, 9.17) is 0 Å². The predicted molar refractivity (Wildman–Crippen MR) is 56.9 cm³/mol. The number of hydrogen-bond acceptors (Lipinski definition) is 2. The summed E-state index contributed by atoms with van der Waals surface area (Å²) < 4.78 is 0. The molecule has 2 heteroatoms. The van der Waals surface area contributed by atoms with Crippen molar-refractivity contribution in [3.05, 3.63) is 0 Å². The molecule has 0 aliphatic heterocycles. The summed E-state index contributed by atoms with van der Waals surface area (Å²) >= 11 is 0. The van der Waals surface area contributed by atoms with Crippen molar-refractivity contribution in [2.75, 3.05) is 13.1 Å². The van der Waals surface area contributed by atoms with Crippen LogP contribution < -0.4 is 0 Å². The van der Waals surface area contributed by atoms with E-state index in [0.717, 1.165) is 25.9 Å². The van der Waals surface area contributed by atoms with Crippen molar-refractivity contribution >= 4 is 5.78 Å². The number of rotatable bonds is 6. The fourth-order valence-electron chi connectivity index (χ4n) is 2.25. The summed E-state index contributed by atoms with van der Waals surface area (Å²) in [7, 11) is 0. The number of hydrogen-bond donors (Lipinski definition) is 0. The first-order valence-electron chi connectivity index (χ1n) is 5.35. The minimum atomic E-state index is -0.205. The van der Waals surface area contributed by atoms with E-state index in [1.54, 1.807) is 6.92 Å². The summed E-state index contributed by atoms with van der Waals surface area (Å²) in [6, 6.07) is 0. The first-order chi connectivity index (χ1) is 6.08. The summed E-state index contributed by atoms with van der Waals surface area (Å²) in [4.78, 5) is 13.9. The van der Waals surface area contributed by atoms with Gasteiger partial charge in [-0.1, -0.05) is 27.7 Å². The Kier molecular flexibility index (Phi) is 5.23. The average Bonchev–Trinajstić information content (AvgIpc) is 2.13. The van der Waals surface area contributed by atoms with Crippen LogP contribution in [0.25, 0.3) is 0 Å². The molecule has 0 fully saturated rings. The largest absolute Gasteiger partial charge is 0.298 e. The van der Waals surface area contributed by atoms with Crippen LogP contribution >= 0.6 is 0 Å². The van der Waals surface area contributed by atoms with Crippen LogP contribution in [0.1, 0.15) is 47.5 Å². The number of Topliss-reactive ketones (excluding diaryl/α,β-unsaturated/α-hetero) is 1. The van der Waals surface area contributed by atoms with E-state index in [1.165, 1.54) is 0 Å². The Bertz CT molecular complexity index is 157. The molecule has 0 bridgehead atoms. The molecule has 0 spiro atoms. The third kappa shape index (κ3) is 2.31. The quantitative estimate of drug-likeness (QED) is 0.633. The minimum absolute atomic E-state index is 0.205. The van der Waals surface area contributed by atoms with Gasteiger partial charge in [0.15, 0.2) is 0 Å². The van der Waals surface area contributed by atoms with Crippen molar-refractivity contribution in [3.8, 4) is 0 Å². The monoisotopic (exact) mass is 185 g/mol. The van der Waals surface area contributed by atoms with Crippen molar-refractivity contribution in [3.63, 3.8) is 0 Å². The summed E-state index contributed by atoms with van der Waals surface area (Å²) in [5.41, 5.74) is -0.205. The van der Waals surface area contributed by atoms with Gasteiger partial charge in [0.05, 0.1) is 5.54 Å². The van der Waals surface area contributed by atoms with Crippen molar-refractivity contribution < 1.29 is 4.79 Å². The number of carbonyl (C=O) groups excluding carboxylic acids is 1. The van der Waals surface area contributed by atoms with Crippen LogP contribution in [0.4, 0.5) is 0 Å². The van der Waals surface area contributed by atoms with Gasteiger partial charge in [-0.3, -0.25) is 9.69 Å². The van der Waals surface area contributed by atoms with E-state index >= 15 is 0 Å². The highest BCUT2D eigenvalue weighted by atomic mass is 16.1. The maximum absolute atomic E-state index is 11.6. The second-order valence-electron chi connectivity index (χ2n) is 3.47. The number of likely N-dealkylation sites (N-methyl/N-ethyl adjacent to an activating group) is 1. The summed E-state index contributed by atoms with van der Waals surface area (Å²) in [6.45, 7) is 12.1. The Morgan fingerprint density at radius 2 is 1.46 bits per heavy atom. The normalized spacial score (nSPS) is 12.2. The molecule has 0 N–H and O–H groups in total. The highest BCUT2D eigenvalue weighted by molar-refractivity contribution is 5.86. The smallest absolute Gasteiger partial charge is 0.149 e. The van der Waals surface area contributed by atoms with Gasteiger partial charge in [0.1, 0.15) is 5.78 Å². The Labute approximate surface area is 82.3 Å². The lowest BCUT2D eigenvalue weighted by Crippen LogP contribution is -2.52. The van der Waals surface area contributed by atoms with Gasteiger partial charge >= 0.3 is 0 Å². The fraction of sp³-hybridized carbons (Fsp3) is 0.909. The molecule has 0 aromatic carbocycles. The Morgan fingerprint density at radius 3 is 1.54 bits per heavy atom. The van der Waals surface area contributed by atoms with Crippen molar-refractivity contribution in [1.82, 2.24) is 4.90 Å². The average molecular weight is 185 g/mol. The van der Waals surface area contributed by atoms with Crippen LogP contribution in [-0.2, 0) is 4.79 Å². The zero-order valence-corrected chi connectivity index (χ0v) is 9.68. The van der Waals surface area contributed by atoms with Crippen LogP contribution in [-0.4, -0.2) is 29.3 Å². The molecule has 0 rings (SSSR count). The molecule has 0 aliphatic carbocycles. The van der Waals surface area contributed by atoms with Crippen LogP contribution in [0.5, 0.6) is 0 Å². The maximum atomic E-state index is 11.6. The fourth-order valence-corrected chi connectivity index (χ4v) is 2.25. The van der Waals surface area contributed by atoms with E-state index in [-0.39, 0.29) is 5.54 Å². The second-order valence-corrected chi connectivity index (χ2v) is 3.47. The molecular weight excluding hydrogens is 162 g/mol. The topological polar surface area (TPSA) is 20.3 Å². The molecule has 0 radical (unpaired) electrons. The van der Waals surface area contributed by atoms with Gasteiger partial charge in [0.2, 0.25) is 0 Å². The van der Waals surface area contributed by atoms with E-state index in [0.29, 0.717) is 5.78 Å². The van der Waals surface area contributed by atoms with E-state index in [9.17, 15) is 4.79 Å². The van der Waals surface area contributed by atoms with Gasteiger partial charge in [-0.25, -0.2) is 0 Å². The molecule has 0 atom stereocenters. The van der Waals surface area contributed by atoms with Gasteiger partial charge in [-0.05, 0) is 32.9 Å². The second kappa shape index (κ2) is 5.38. The Balaban J connectivity index is 4.82. The van der Waals surface area contributed by atoms with Crippen LogP contribution in [0, 0.1) is 0 Å². The molecule has 0 amide bonds. The number of nitrogens with zero attached hydrogens (tertiary/aromatic N) is 1. The van der Waals surface area contributed by atoms with Gasteiger partial charge in [-0.2, -0.15) is 0 Å². The predicted octanol–water partition coefficient (Wildman–Crippen LogP) is 2.48. The molecule has 0 aromatic heterocycles. The molecule has 0 saturated heterocycles. The summed E-state index contributed by atoms with van der Waals surface area (Å²) in [6.07, 6.45) is 1.83. The molecular formula is C11H23NO. The van der Waals surface area contributed by atoms with Gasteiger partial charge in [0, 0.05) is 0 Å². The van der Waals surface area contributed by atoms with E-state index in [2.05, 4.69) is 32.6 Å². The Morgan fingerprint density at radius 1 is 1.08 bits per heavy atom. The number of carbonyl (C=O) groups is 1. The minimum Gasteiger partial charge on any atom is -0.298 e. The lowest BCUT2D eigenvalue weighted by atomic mass is 9.86. The van der Waals surface area contributed by atoms with Gasteiger partial charge < -0.3 is 0 Å². The summed E-state index contributed by atoms with van der Waals surface area (Å²) in [5.74, 6) is 0.307. The van der Waals surface area contributed by atoms with Crippen molar-refractivity contribution in [1.29, 1.82) is 0 Å². The molecule has 0 aromatic rings. The van der Waals surface area contributed by atoms with E-state index in [1.807, 2.05) is 0 Å². The molecule has 13 heavy (non-hydrogen) atoms. The first kappa shape index (κ1) is 12.6. The molecule has 0 heterocycles. The first-order valence-corrected chi connectivity index (χ1v) is 5.35. The van der Waals surface area contributed by atoms with Crippen LogP contribution in [0.3, 0.4) is 0 Å². The molecule has 0 unspecified atom stereocenters. The molecule has 0 aliphatic rings. The van der Waals surface area contributed by atoms with Gasteiger partial charge in [0.25, 0.3) is 0 Å². The van der Waals surface area contributed by atoms with Crippen molar-refractivity contribution in [2.24, 2.45) is 0 Å². The van der Waals surface area contributed by atoms with E-state index < -0.39 is 0 Å². The third-order valence-electron chi connectivity index (χ3n) is 3.19. The van der Waals surface area contributed by atoms with Crippen molar-refractivity contribution in [2.45, 2.75) is 53.0 Å². The van der Waals surface area contributed by atoms with Gasteiger partial charge in [-0.15, -0.1) is 0 Å². The molecule has 78 valence electrons. The highest BCUT2D eigenvalue weighted by Gasteiger charge is 2.36. The molecule has 0 saturated carbocycles. The lowest BCUT2D eigenvalue weighted by Gasteiger charge is -2.40. The standard InChI is InChI=1S/C11H23NO/c1-6-11(7-2,10(5)13)12(8-3)9-4/h6-9H2,1-5H3. The number of ketones is 1. The Hall–Kier alpha value is -0.370. The summed E-state index contributed by atoms with van der Waals surface area (Å²) in [5, 5.41) is 0. The molecule has 2 nitrogen and oxygen atoms in total. The third-order valence-corrected chi connectivity index (χ3v) is 3.19. The maximum Gasteiger partial charge on any atom is 0.149 e. The lowest BCUT2D eigenvalue weighted by molar-refractivity contribution is -0.129. The van der Waals surface area contributed by atoms with Crippen LogP contribution in [0.15, 0.2) is 0 Å². The zero-order chi connectivity index (χ0) is 10.5. The van der Waals surface area contributed by atoms with Crippen LogP contribution in [0.2, 0.25) is 0 Å². The highest BCUT2D eigenvalue weighted by Crippen LogP contribution is 2.24.